The highest BCUT2D eigenvalue weighted by Crippen LogP contribution is 2.31. The number of halogens is 4. The third kappa shape index (κ3) is 12.8. The molecule has 6 nitrogen and oxygen atoms in total. The Morgan fingerprint density at radius 3 is 1.08 bits per heavy atom. The number of aliphatic hydroxyl groups excluding tert-OH is 2. The lowest BCUT2D eigenvalue weighted by atomic mass is 10.00. The van der Waals surface area contributed by atoms with Crippen molar-refractivity contribution in [3.05, 3.63) is 108 Å². The van der Waals surface area contributed by atoms with E-state index in [0.717, 1.165) is 48.6 Å². The van der Waals surface area contributed by atoms with E-state index in [0.29, 0.717) is 36.2 Å². The van der Waals surface area contributed by atoms with Gasteiger partial charge in [0.25, 0.3) is 0 Å². The molecule has 2 fully saturated rings. The first-order valence-corrected chi connectivity index (χ1v) is 21.0. The van der Waals surface area contributed by atoms with Crippen molar-refractivity contribution in [3.8, 4) is 22.3 Å². The Balaban J connectivity index is 0.000000200. The highest BCUT2D eigenvalue weighted by Gasteiger charge is 2.22. The highest BCUT2D eigenvalue weighted by molar-refractivity contribution is 7.91. The van der Waals surface area contributed by atoms with Crippen LogP contribution in [0.5, 0.6) is 0 Å². The van der Waals surface area contributed by atoms with Crippen molar-refractivity contribution in [3.63, 3.8) is 0 Å². The van der Waals surface area contributed by atoms with Crippen molar-refractivity contribution < 1.29 is 44.6 Å². The van der Waals surface area contributed by atoms with Crippen LogP contribution in [0.2, 0.25) is 0 Å². The van der Waals surface area contributed by atoms with Crippen LogP contribution < -0.4 is 0 Å². The third-order valence-corrected chi connectivity index (χ3v) is 11.9. The second-order valence-corrected chi connectivity index (χ2v) is 17.6. The molecular weight excluding hydrogens is 717 g/mol. The van der Waals surface area contributed by atoms with Crippen LogP contribution >= 0.6 is 0 Å². The number of rotatable bonds is 6. The lowest BCUT2D eigenvalue weighted by molar-refractivity contribution is 0.201. The summed E-state index contributed by atoms with van der Waals surface area (Å²) < 4.78 is 97.6. The van der Waals surface area contributed by atoms with Crippen LogP contribution in [0.3, 0.4) is 0 Å². The molecule has 0 bridgehead atoms. The predicted octanol–water partition coefficient (Wildman–Crippen LogP) is 8.90. The van der Waals surface area contributed by atoms with Gasteiger partial charge in [-0.15, -0.1) is 0 Å². The molecule has 52 heavy (non-hydrogen) atoms. The Bertz CT molecular complexity index is 1810. The minimum atomic E-state index is -3.27. The Labute approximate surface area is 305 Å². The maximum absolute atomic E-state index is 13.5. The van der Waals surface area contributed by atoms with Crippen LogP contribution in [0.4, 0.5) is 17.6 Å². The van der Waals surface area contributed by atoms with Crippen molar-refractivity contribution in [2.75, 3.05) is 25.7 Å². The van der Waals surface area contributed by atoms with Crippen LogP contribution in [0.25, 0.3) is 22.3 Å². The molecule has 12 heteroatoms. The van der Waals surface area contributed by atoms with Gasteiger partial charge < -0.3 is 10.2 Å². The number of sulfone groups is 2. The SMILES string of the molecule is CC1CCCC1CO.CC1CCC[C@H]1CO.CS(=O)(=O)c1ccc(-c2ccc(F)cc2F)cc1.CS(=O)(=O)c1ccc(-c2ccc(F)cc2F)cc1. The van der Waals surface area contributed by atoms with Gasteiger partial charge in [0, 0.05) is 49.0 Å². The maximum atomic E-state index is 13.5. The fraction of sp³-hybridized carbons (Fsp3) is 0.400. The first-order chi connectivity index (χ1) is 24.4. The van der Waals surface area contributed by atoms with Crippen LogP contribution in [-0.4, -0.2) is 52.8 Å². The van der Waals surface area contributed by atoms with Crippen LogP contribution in [0, 0.1) is 46.9 Å². The van der Waals surface area contributed by atoms with Crippen LogP contribution in [0.15, 0.2) is 94.7 Å². The summed E-state index contributed by atoms with van der Waals surface area (Å²) in [6, 6.07) is 18.1. The summed E-state index contributed by atoms with van der Waals surface area (Å²) in [5.41, 5.74) is 1.47. The Morgan fingerprint density at radius 1 is 0.538 bits per heavy atom. The summed E-state index contributed by atoms with van der Waals surface area (Å²) in [5, 5.41) is 17.5. The van der Waals surface area contributed by atoms with Gasteiger partial charge in [-0.2, -0.15) is 0 Å². The van der Waals surface area contributed by atoms with Crippen molar-refractivity contribution >= 4 is 19.7 Å². The van der Waals surface area contributed by atoms with Crippen molar-refractivity contribution in [1.29, 1.82) is 0 Å². The van der Waals surface area contributed by atoms with Gasteiger partial charge in [-0.05, 0) is 96.2 Å². The first kappa shape index (κ1) is 42.8. The zero-order chi connectivity index (χ0) is 38.6. The van der Waals surface area contributed by atoms with E-state index in [-0.39, 0.29) is 20.9 Å². The Kier molecular flexibility index (Phi) is 16.0. The largest absolute Gasteiger partial charge is 0.396 e. The second kappa shape index (κ2) is 19.5. The molecule has 2 saturated carbocycles. The van der Waals surface area contributed by atoms with Crippen molar-refractivity contribution in [2.24, 2.45) is 23.7 Å². The Morgan fingerprint density at radius 2 is 0.865 bits per heavy atom. The molecule has 0 aliphatic heterocycles. The fourth-order valence-electron chi connectivity index (χ4n) is 6.20. The molecule has 4 aromatic rings. The molecule has 0 aromatic heterocycles. The quantitative estimate of drug-likeness (QED) is 0.190. The number of aliphatic hydroxyl groups is 2. The molecule has 0 radical (unpaired) electrons. The molecule has 2 aliphatic rings. The molecular formula is C40H48F4O6S2. The van der Waals surface area contributed by atoms with Crippen molar-refractivity contribution in [1.82, 2.24) is 0 Å². The summed E-state index contributed by atoms with van der Waals surface area (Å²) in [7, 11) is -6.54. The fourth-order valence-corrected chi connectivity index (χ4v) is 7.46. The molecule has 3 unspecified atom stereocenters. The first-order valence-electron chi connectivity index (χ1n) is 17.2. The molecule has 0 amide bonds. The molecule has 2 aliphatic carbocycles. The zero-order valence-electron chi connectivity index (χ0n) is 29.9. The number of hydrogen-bond acceptors (Lipinski definition) is 6. The van der Waals surface area contributed by atoms with E-state index in [4.69, 9.17) is 10.2 Å². The summed E-state index contributed by atoms with van der Waals surface area (Å²) >= 11 is 0. The molecule has 4 atom stereocenters. The standard InChI is InChI=1S/2C13H10F2O2S.2C7H14O/c2*1-18(16,17)11-5-2-9(3-6-11)12-7-4-10(14)8-13(12)15;2*1-6-3-2-4-7(6)5-8/h2*2-8H,1H3;2*6-8H,2-5H2,1H3/t;;6?,7-;/m..0./s1. The number of benzene rings is 4. The lowest BCUT2D eigenvalue weighted by Gasteiger charge is -2.09. The normalized spacial score (nSPS) is 19.7. The van der Waals surface area contributed by atoms with Gasteiger partial charge in [-0.3, -0.25) is 0 Å². The highest BCUT2D eigenvalue weighted by atomic mass is 32.2. The van der Waals surface area contributed by atoms with E-state index in [9.17, 15) is 34.4 Å². The smallest absolute Gasteiger partial charge is 0.175 e. The van der Waals surface area contributed by atoms with E-state index in [1.165, 1.54) is 99.2 Å². The maximum Gasteiger partial charge on any atom is 0.175 e. The molecule has 4 aromatic carbocycles. The third-order valence-electron chi connectivity index (χ3n) is 9.60. The molecule has 0 heterocycles. The summed E-state index contributed by atoms with van der Waals surface area (Å²) in [5.74, 6) is 0.141. The average Bonchev–Trinajstić information content (AvgIpc) is 3.71. The molecule has 284 valence electrons. The number of hydrogen-bond donors (Lipinski definition) is 2. The molecule has 2 N–H and O–H groups in total. The van der Waals surface area contributed by atoms with Gasteiger partial charge in [-0.25, -0.2) is 34.4 Å². The predicted molar refractivity (Wildman–Crippen MR) is 197 cm³/mol. The van der Waals surface area contributed by atoms with Crippen LogP contribution in [0.1, 0.15) is 52.4 Å². The summed E-state index contributed by atoms with van der Waals surface area (Å²) in [4.78, 5) is 0.322. The van der Waals surface area contributed by atoms with E-state index in [2.05, 4.69) is 13.8 Å². The Hall–Kier alpha value is -3.58. The zero-order valence-corrected chi connectivity index (χ0v) is 31.5. The van der Waals surface area contributed by atoms with Gasteiger partial charge in [-0.1, -0.05) is 63.8 Å². The minimum Gasteiger partial charge on any atom is -0.396 e. The lowest BCUT2D eigenvalue weighted by Crippen LogP contribution is -2.07. The van der Waals surface area contributed by atoms with E-state index in [1.807, 2.05) is 0 Å². The van der Waals surface area contributed by atoms with E-state index in [1.54, 1.807) is 0 Å². The van der Waals surface area contributed by atoms with E-state index < -0.39 is 42.9 Å². The van der Waals surface area contributed by atoms with Gasteiger partial charge >= 0.3 is 0 Å². The van der Waals surface area contributed by atoms with Crippen LogP contribution in [-0.2, 0) is 19.7 Å². The summed E-state index contributed by atoms with van der Waals surface area (Å²) in [6.07, 6.45) is 9.99. The van der Waals surface area contributed by atoms with Gasteiger partial charge in [0.1, 0.15) is 23.3 Å². The topological polar surface area (TPSA) is 109 Å². The minimum absolute atomic E-state index is 0.161. The van der Waals surface area contributed by atoms with Gasteiger partial charge in [0.2, 0.25) is 0 Å². The molecule has 6 rings (SSSR count). The molecule has 0 spiro atoms. The summed E-state index contributed by atoms with van der Waals surface area (Å²) in [6.45, 7) is 5.27. The van der Waals surface area contributed by atoms with Gasteiger partial charge in [0.15, 0.2) is 19.7 Å². The second-order valence-electron chi connectivity index (χ2n) is 13.5. The monoisotopic (exact) mass is 764 g/mol. The molecule has 0 saturated heterocycles. The van der Waals surface area contributed by atoms with Crippen molar-refractivity contribution in [2.45, 2.75) is 62.2 Å². The van der Waals surface area contributed by atoms with Gasteiger partial charge in [0.05, 0.1) is 9.79 Å². The van der Waals surface area contributed by atoms with E-state index >= 15 is 0 Å². The average molecular weight is 765 g/mol.